The highest BCUT2D eigenvalue weighted by Gasteiger charge is 2.20. The summed E-state index contributed by atoms with van der Waals surface area (Å²) in [6, 6.07) is 5.50. The van der Waals surface area contributed by atoms with Crippen molar-refractivity contribution in [2.45, 2.75) is 51.7 Å². The van der Waals surface area contributed by atoms with Crippen LogP contribution in [0.2, 0.25) is 5.02 Å². The van der Waals surface area contributed by atoms with Gasteiger partial charge in [0, 0.05) is 5.02 Å². The molecule has 1 aromatic carbocycles. The van der Waals surface area contributed by atoms with Gasteiger partial charge in [0.1, 0.15) is 5.75 Å². The van der Waals surface area contributed by atoms with Crippen molar-refractivity contribution in [2.75, 3.05) is 6.61 Å². The summed E-state index contributed by atoms with van der Waals surface area (Å²) >= 11 is 6.02. The van der Waals surface area contributed by atoms with Crippen molar-refractivity contribution in [2.24, 2.45) is 0 Å². The molecule has 0 heterocycles. The maximum atomic E-state index is 9.92. The van der Waals surface area contributed by atoms with Gasteiger partial charge in [0.2, 0.25) is 0 Å². The van der Waals surface area contributed by atoms with Gasteiger partial charge in [-0.25, -0.2) is 0 Å². The van der Waals surface area contributed by atoms with E-state index >= 15 is 0 Å². The third-order valence-corrected chi connectivity index (χ3v) is 3.50. The van der Waals surface area contributed by atoms with E-state index in [0.29, 0.717) is 24.5 Å². The van der Waals surface area contributed by atoms with E-state index in [0.717, 1.165) is 11.3 Å². The topological polar surface area (TPSA) is 49.7 Å². The Morgan fingerprint density at radius 3 is 2.47 bits per heavy atom. The molecule has 0 aliphatic heterocycles. The van der Waals surface area contributed by atoms with Crippen molar-refractivity contribution in [3.63, 3.8) is 0 Å². The highest BCUT2D eigenvalue weighted by atomic mass is 35.5. The van der Waals surface area contributed by atoms with E-state index in [-0.39, 0.29) is 5.92 Å². The highest BCUT2D eigenvalue weighted by Crippen LogP contribution is 2.32. The van der Waals surface area contributed by atoms with Crippen molar-refractivity contribution in [1.29, 1.82) is 0 Å². The highest BCUT2D eigenvalue weighted by molar-refractivity contribution is 6.30. The zero-order valence-electron chi connectivity index (χ0n) is 11.8. The molecular formula is C15H23ClO3. The van der Waals surface area contributed by atoms with Crippen molar-refractivity contribution in [3.8, 4) is 5.75 Å². The minimum absolute atomic E-state index is 0.0662. The van der Waals surface area contributed by atoms with Crippen LogP contribution in [0.15, 0.2) is 18.2 Å². The molecule has 3 unspecified atom stereocenters. The van der Waals surface area contributed by atoms with Crippen molar-refractivity contribution < 1.29 is 14.9 Å². The van der Waals surface area contributed by atoms with Crippen LogP contribution in [-0.2, 0) is 0 Å². The first-order valence-electron chi connectivity index (χ1n) is 6.77. The third-order valence-electron chi connectivity index (χ3n) is 3.26. The van der Waals surface area contributed by atoms with Gasteiger partial charge in [-0.2, -0.15) is 0 Å². The Bertz CT molecular complexity index is 395. The molecule has 1 aromatic rings. The Labute approximate surface area is 120 Å². The number of hydrogen-bond donors (Lipinski definition) is 2. The molecular weight excluding hydrogens is 264 g/mol. The molecule has 1 rings (SSSR count). The molecule has 19 heavy (non-hydrogen) atoms. The molecule has 0 aliphatic rings. The Morgan fingerprint density at radius 2 is 1.89 bits per heavy atom. The van der Waals surface area contributed by atoms with Gasteiger partial charge in [-0.3, -0.25) is 0 Å². The fraction of sp³-hybridized carbons (Fsp3) is 0.600. The zero-order valence-corrected chi connectivity index (χ0v) is 12.5. The molecule has 2 N–H and O–H groups in total. The van der Waals surface area contributed by atoms with Gasteiger partial charge in [0.05, 0.1) is 18.8 Å². The van der Waals surface area contributed by atoms with Crippen LogP contribution in [-0.4, -0.2) is 29.0 Å². The normalized spacial score (nSPS) is 15.9. The minimum Gasteiger partial charge on any atom is -0.494 e. The largest absolute Gasteiger partial charge is 0.494 e. The van der Waals surface area contributed by atoms with E-state index in [9.17, 15) is 10.2 Å². The first-order valence-corrected chi connectivity index (χ1v) is 7.15. The van der Waals surface area contributed by atoms with Crippen LogP contribution in [0.25, 0.3) is 0 Å². The summed E-state index contributed by atoms with van der Waals surface area (Å²) in [5.74, 6) is 0.856. The van der Waals surface area contributed by atoms with Crippen molar-refractivity contribution in [1.82, 2.24) is 0 Å². The van der Waals surface area contributed by atoms with E-state index in [2.05, 4.69) is 0 Å². The van der Waals surface area contributed by atoms with Gasteiger partial charge in [0.15, 0.2) is 0 Å². The predicted molar refractivity (Wildman–Crippen MR) is 78.0 cm³/mol. The van der Waals surface area contributed by atoms with E-state index in [1.807, 2.05) is 32.9 Å². The molecule has 0 aliphatic carbocycles. The molecule has 0 fully saturated rings. The quantitative estimate of drug-likeness (QED) is 0.808. The smallest absolute Gasteiger partial charge is 0.122 e. The van der Waals surface area contributed by atoms with Gasteiger partial charge in [-0.05, 0) is 49.4 Å². The second-order valence-electron chi connectivity index (χ2n) is 4.79. The summed E-state index contributed by atoms with van der Waals surface area (Å²) in [5.41, 5.74) is 0.969. The van der Waals surface area contributed by atoms with E-state index < -0.39 is 12.2 Å². The maximum absolute atomic E-state index is 9.92. The summed E-state index contributed by atoms with van der Waals surface area (Å²) in [7, 11) is 0. The number of aliphatic hydroxyl groups excluding tert-OH is 2. The third kappa shape index (κ3) is 4.68. The lowest BCUT2D eigenvalue weighted by Gasteiger charge is -2.22. The number of benzene rings is 1. The predicted octanol–water partition coefficient (Wildman–Crippen LogP) is 3.36. The van der Waals surface area contributed by atoms with Crippen LogP contribution in [0.4, 0.5) is 0 Å². The van der Waals surface area contributed by atoms with Crippen LogP contribution in [0.1, 0.15) is 45.1 Å². The lowest BCUT2D eigenvalue weighted by molar-refractivity contribution is 0.00942. The fourth-order valence-corrected chi connectivity index (χ4v) is 2.29. The second-order valence-corrected chi connectivity index (χ2v) is 5.23. The van der Waals surface area contributed by atoms with Crippen LogP contribution in [0.3, 0.4) is 0 Å². The Morgan fingerprint density at radius 1 is 1.21 bits per heavy atom. The van der Waals surface area contributed by atoms with Crippen LogP contribution < -0.4 is 4.74 Å². The van der Waals surface area contributed by atoms with Crippen LogP contribution in [0, 0.1) is 0 Å². The van der Waals surface area contributed by atoms with Gasteiger partial charge in [0.25, 0.3) is 0 Å². The van der Waals surface area contributed by atoms with Crippen LogP contribution in [0.5, 0.6) is 5.75 Å². The fourth-order valence-electron chi connectivity index (χ4n) is 2.11. The first-order chi connectivity index (χ1) is 8.99. The number of halogens is 1. The van der Waals surface area contributed by atoms with Crippen molar-refractivity contribution >= 4 is 11.6 Å². The molecule has 3 atom stereocenters. The van der Waals surface area contributed by atoms with Gasteiger partial charge in [-0.1, -0.05) is 25.4 Å². The molecule has 3 nitrogen and oxygen atoms in total. The molecule has 0 saturated heterocycles. The Hall–Kier alpha value is -0.770. The molecule has 0 radical (unpaired) electrons. The molecule has 0 spiro atoms. The van der Waals surface area contributed by atoms with E-state index in [1.165, 1.54) is 0 Å². The summed E-state index contributed by atoms with van der Waals surface area (Å²) in [4.78, 5) is 0. The number of rotatable bonds is 7. The minimum atomic E-state index is -0.728. The summed E-state index contributed by atoms with van der Waals surface area (Å²) in [6.07, 6.45) is -0.386. The molecule has 0 saturated carbocycles. The Kier molecular flexibility index (Phi) is 6.63. The summed E-state index contributed by atoms with van der Waals surface area (Å²) in [6.45, 7) is 6.36. The SMILES string of the molecule is CCOc1ccc(Cl)cc1C(C)CC(O)C(O)CC. The maximum Gasteiger partial charge on any atom is 0.122 e. The van der Waals surface area contributed by atoms with Gasteiger partial charge in [-0.15, -0.1) is 0 Å². The first kappa shape index (κ1) is 16.3. The molecule has 0 amide bonds. The average Bonchev–Trinajstić information content (AvgIpc) is 2.39. The van der Waals surface area contributed by atoms with E-state index in [4.69, 9.17) is 16.3 Å². The van der Waals surface area contributed by atoms with E-state index in [1.54, 1.807) is 6.07 Å². The number of hydrogen-bond acceptors (Lipinski definition) is 3. The Balaban J connectivity index is 2.85. The zero-order chi connectivity index (χ0) is 14.4. The van der Waals surface area contributed by atoms with Crippen LogP contribution >= 0.6 is 11.6 Å². The molecule has 108 valence electrons. The molecule has 4 heteroatoms. The van der Waals surface area contributed by atoms with Crippen molar-refractivity contribution in [3.05, 3.63) is 28.8 Å². The number of aliphatic hydroxyl groups is 2. The lowest BCUT2D eigenvalue weighted by atomic mass is 9.92. The molecule has 0 aromatic heterocycles. The average molecular weight is 287 g/mol. The number of ether oxygens (including phenoxy) is 1. The van der Waals surface area contributed by atoms with Gasteiger partial charge >= 0.3 is 0 Å². The molecule has 0 bridgehead atoms. The second kappa shape index (κ2) is 7.73. The monoisotopic (exact) mass is 286 g/mol. The summed E-state index contributed by atoms with van der Waals surface area (Å²) in [5, 5.41) is 20.2. The lowest BCUT2D eigenvalue weighted by Crippen LogP contribution is -2.26. The summed E-state index contributed by atoms with van der Waals surface area (Å²) < 4.78 is 5.58. The van der Waals surface area contributed by atoms with Gasteiger partial charge < -0.3 is 14.9 Å². The standard InChI is InChI=1S/C15H23ClO3/c1-4-13(17)14(18)8-10(3)12-9-11(16)6-7-15(12)19-5-2/h6-7,9-10,13-14,17-18H,4-5,8H2,1-3H3.